The summed E-state index contributed by atoms with van der Waals surface area (Å²) >= 11 is 0. The van der Waals surface area contributed by atoms with Crippen molar-refractivity contribution in [1.29, 1.82) is 0 Å². The maximum atomic E-state index is 10.4. The lowest BCUT2D eigenvalue weighted by Gasteiger charge is -2.14. The number of hydrogen-bond acceptors (Lipinski definition) is 4. The van der Waals surface area contributed by atoms with Crippen molar-refractivity contribution < 1.29 is 14.6 Å². The Labute approximate surface area is 119 Å². The zero-order chi connectivity index (χ0) is 14.5. The quantitative estimate of drug-likeness (QED) is 0.910. The minimum absolute atomic E-state index is 0.461. The van der Waals surface area contributed by atoms with Crippen LogP contribution in [0.3, 0.4) is 0 Å². The van der Waals surface area contributed by atoms with Crippen LogP contribution in [0.1, 0.15) is 22.9 Å². The third kappa shape index (κ3) is 3.27. The number of aliphatic hydroxyl groups excluding tert-OH is 1. The van der Waals surface area contributed by atoms with E-state index in [1.165, 1.54) is 0 Å². The largest absolute Gasteiger partial charge is 0.497 e. The summed E-state index contributed by atoms with van der Waals surface area (Å²) in [6.07, 6.45) is 1.55. The molecule has 4 heteroatoms. The SMILES string of the molecule is COc1cc(OC)cc(C(O)Cc2ncccc2C)c1. The van der Waals surface area contributed by atoms with Gasteiger partial charge in [-0.05, 0) is 36.2 Å². The fourth-order valence-electron chi connectivity index (χ4n) is 2.05. The molecule has 0 aliphatic heterocycles. The molecule has 4 nitrogen and oxygen atoms in total. The molecule has 1 aromatic heterocycles. The molecule has 0 aliphatic rings. The van der Waals surface area contributed by atoms with E-state index in [0.717, 1.165) is 16.8 Å². The van der Waals surface area contributed by atoms with Crippen molar-refractivity contribution in [2.45, 2.75) is 19.4 Å². The standard InChI is InChI=1S/C16H19NO3/c1-11-5-4-6-17-15(11)10-16(18)12-7-13(19-2)9-14(8-12)20-3/h4-9,16,18H,10H2,1-3H3. The van der Waals surface area contributed by atoms with Crippen LogP contribution >= 0.6 is 0 Å². The molecule has 1 aromatic carbocycles. The smallest absolute Gasteiger partial charge is 0.122 e. The van der Waals surface area contributed by atoms with Gasteiger partial charge in [0.1, 0.15) is 11.5 Å². The molecule has 106 valence electrons. The number of benzene rings is 1. The number of ether oxygens (including phenoxy) is 2. The summed E-state index contributed by atoms with van der Waals surface area (Å²) < 4.78 is 10.4. The average molecular weight is 273 g/mol. The van der Waals surface area contributed by atoms with E-state index in [0.29, 0.717) is 17.9 Å². The zero-order valence-electron chi connectivity index (χ0n) is 12.0. The van der Waals surface area contributed by atoms with E-state index in [-0.39, 0.29) is 0 Å². The summed E-state index contributed by atoms with van der Waals surface area (Å²) in [5.74, 6) is 1.33. The molecule has 1 unspecified atom stereocenters. The van der Waals surface area contributed by atoms with Gasteiger partial charge in [-0.15, -0.1) is 0 Å². The lowest BCUT2D eigenvalue weighted by Crippen LogP contribution is -2.05. The third-order valence-corrected chi connectivity index (χ3v) is 3.26. The highest BCUT2D eigenvalue weighted by Gasteiger charge is 2.13. The zero-order valence-corrected chi connectivity index (χ0v) is 12.0. The Bertz CT molecular complexity index is 561. The van der Waals surface area contributed by atoms with Crippen LogP contribution in [0.25, 0.3) is 0 Å². The second-order valence-corrected chi connectivity index (χ2v) is 4.63. The number of methoxy groups -OCH3 is 2. The second kappa shape index (κ2) is 6.39. The molecule has 1 heterocycles. The molecule has 2 aromatic rings. The lowest BCUT2D eigenvalue weighted by atomic mass is 10.0. The van der Waals surface area contributed by atoms with E-state index in [2.05, 4.69) is 4.98 Å². The number of hydrogen-bond donors (Lipinski definition) is 1. The van der Waals surface area contributed by atoms with Crippen LogP contribution in [0.2, 0.25) is 0 Å². The van der Waals surface area contributed by atoms with Crippen molar-refractivity contribution in [3.63, 3.8) is 0 Å². The molecule has 0 bridgehead atoms. The van der Waals surface area contributed by atoms with Gasteiger partial charge >= 0.3 is 0 Å². The van der Waals surface area contributed by atoms with Gasteiger partial charge in [-0.25, -0.2) is 0 Å². The van der Waals surface area contributed by atoms with Crippen molar-refractivity contribution in [2.24, 2.45) is 0 Å². The summed E-state index contributed by atoms with van der Waals surface area (Å²) in [5, 5.41) is 10.4. The highest BCUT2D eigenvalue weighted by atomic mass is 16.5. The molecule has 2 rings (SSSR count). The van der Waals surface area contributed by atoms with E-state index in [4.69, 9.17) is 9.47 Å². The minimum atomic E-state index is -0.646. The fourth-order valence-corrected chi connectivity index (χ4v) is 2.05. The first-order valence-corrected chi connectivity index (χ1v) is 6.45. The van der Waals surface area contributed by atoms with Gasteiger partial charge in [0.05, 0.1) is 20.3 Å². The van der Waals surface area contributed by atoms with Crippen LogP contribution in [-0.2, 0) is 6.42 Å². The van der Waals surface area contributed by atoms with Crippen LogP contribution in [0.5, 0.6) is 11.5 Å². The summed E-state index contributed by atoms with van der Waals surface area (Å²) in [5.41, 5.74) is 2.72. The monoisotopic (exact) mass is 273 g/mol. The van der Waals surface area contributed by atoms with Crippen molar-refractivity contribution >= 4 is 0 Å². The van der Waals surface area contributed by atoms with Gasteiger partial charge in [-0.1, -0.05) is 6.07 Å². The Hall–Kier alpha value is -2.07. The maximum absolute atomic E-state index is 10.4. The Morgan fingerprint density at radius 3 is 2.35 bits per heavy atom. The normalized spacial score (nSPS) is 12.0. The lowest BCUT2D eigenvalue weighted by molar-refractivity contribution is 0.176. The molecule has 1 atom stereocenters. The van der Waals surface area contributed by atoms with Gasteiger partial charge < -0.3 is 14.6 Å². The van der Waals surface area contributed by atoms with Gasteiger partial charge in [0.15, 0.2) is 0 Å². The summed E-state index contributed by atoms with van der Waals surface area (Å²) in [4.78, 5) is 4.31. The molecule has 0 amide bonds. The Balaban J connectivity index is 2.24. The second-order valence-electron chi connectivity index (χ2n) is 4.63. The van der Waals surface area contributed by atoms with Gasteiger partial charge in [0.2, 0.25) is 0 Å². The molecule has 0 spiro atoms. The number of pyridine rings is 1. The molecule has 0 radical (unpaired) electrons. The van der Waals surface area contributed by atoms with Gasteiger partial charge in [0.25, 0.3) is 0 Å². The number of rotatable bonds is 5. The number of nitrogens with zero attached hydrogens (tertiary/aromatic N) is 1. The summed E-state index contributed by atoms with van der Waals surface area (Å²) in [6, 6.07) is 9.28. The Kier molecular flexibility index (Phi) is 4.58. The average Bonchev–Trinajstić information content (AvgIpc) is 2.48. The number of aliphatic hydroxyl groups is 1. The van der Waals surface area contributed by atoms with Gasteiger partial charge in [0, 0.05) is 24.4 Å². The first-order valence-electron chi connectivity index (χ1n) is 6.45. The molecule has 0 aliphatic carbocycles. The minimum Gasteiger partial charge on any atom is -0.497 e. The summed E-state index contributed by atoms with van der Waals surface area (Å²) in [7, 11) is 3.18. The Morgan fingerprint density at radius 1 is 1.15 bits per heavy atom. The highest BCUT2D eigenvalue weighted by molar-refractivity contribution is 5.39. The molecular formula is C16H19NO3. The molecule has 0 fully saturated rings. The van der Waals surface area contributed by atoms with Gasteiger partial charge in [-0.3, -0.25) is 4.98 Å². The van der Waals surface area contributed by atoms with Crippen LogP contribution in [0.4, 0.5) is 0 Å². The number of aromatic nitrogens is 1. The van der Waals surface area contributed by atoms with E-state index in [9.17, 15) is 5.11 Å². The fraction of sp³-hybridized carbons (Fsp3) is 0.312. The maximum Gasteiger partial charge on any atom is 0.122 e. The van der Waals surface area contributed by atoms with E-state index in [1.54, 1.807) is 26.5 Å². The molecule has 20 heavy (non-hydrogen) atoms. The van der Waals surface area contributed by atoms with Crippen LogP contribution in [-0.4, -0.2) is 24.3 Å². The first-order chi connectivity index (χ1) is 9.63. The van der Waals surface area contributed by atoms with E-state index >= 15 is 0 Å². The van der Waals surface area contributed by atoms with Crippen molar-refractivity contribution in [3.8, 4) is 11.5 Å². The van der Waals surface area contributed by atoms with Crippen LogP contribution in [0, 0.1) is 6.92 Å². The molecular weight excluding hydrogens is 254 g/mol. The predicted molar refractivity (Wildman–Crippen MR) is 77.2 cm³/mol. The van der Waals surface area contributed by atoms with Crippen LogP contribution < -0.4 is 9.47 Å². The Morgan fingerprint density at radius 2 is 1.80 bits per heavy atom. The van der Waals surface area contributed by atoms with Crippen LogP contribution in [0.15, 0.2) is 36.5 Å². The first kappa shape index (κ1) is 14.3. The highest BCUT2D eigenvalue weighted by Crippen LogP contribution is 2.28. The van der Waals surface area contributed by atoms with E-state index in [1.807, 2.05) is 31.2 Å². The summed E-state index contributed by atoms with van der Waals surface area (Å²) in [6.45, 7) is 1.99. The molecule has 0 saturated carbocycles. The van der Waals surface area contributed by atoms with Crippen molar-refractivity contribution in [3.05, 3.63) is 53.3 Å². The number of aryl methyl sites for hydroxylation is 1. The predicted octanol–water partition coefficient (Wildman–Crippen LogP) is 2.68. The van der Waals surface area contributed by atoms with E-state index < -0.39 is 6.10 Å². The topological polar surface area (TPSA) is 51.6 Å². The molecule has 1 N–H and O–H groups in total. The third-order valence-electron chi connectivity index (χ3n) is 3.26. The molecule has 0 saturated heterocycles. The van der Waals surface area contributed by atoms with Crippen molar-refractivity contribution in [1.82, 2.24) is 4.98 Å². The van der Waals surface area contributed by atoms with Crippen molar-refractivity contribution in [2.75, 3.05) is 14.2 Å². The van der Waals surface area contributed by atoms with Gasteiger partial charge in [-0.2, -0.15) is 0 Å².